The molecule has 2 aromatic carbocycles. The van der Waals surface area contributed by atoms with Crippen LogP contribution in [0.5, 0.6) is 11.5 Å². The summed E-state index contributed by atoms with van der Waals surface area (Å²) in [6.45, 7) is 0.858. The zero-order chi connectivity index (χ0) is 22.9. The molecule has 0 bridgehead atoms. The van der Waals surface area contributed by atoms with E-state index in [0.29, 0.717) is 17.9 Å². The molecule has 1 fully saturated rings. The summed E-state index contributed by atoms with van der Waals surface area (Å²) < 4.78 is 11.1. The Morgan fingerprint density at radius 2 is 2.03 bits per heavy atom. The highest BCUT2D eigenvalue weighted by atomic mass is 32.1. The van der Waals surface area contributed by atoms with E-state index in [2.05, 4.69) is 0 Å². The first-order valence-electron chi connectivity index (χ1n) is 10.8. The lowest BCUT2D eigenvalue weighted by atomic mass is 9.97. The number of methoxy groups -OCH3 is 1. The average molecular weight is 462 g/mol. The number of nitrogens with zero attached hydrogens (tertiary/aromatic N) is 1. The molecule has 0 spiro atoms. The summed E-state index contributed by atoms with van der Waals surface area (Å²) in [4.78, 5) is 28.7. The van der Waals surface area contributed by atoms with Crippen molar-refractivity contribution in [2.75, 3.05) is 13.7 Å². The van der Waals surface area contributed by atoms with Crippen LogP contribution >= 0.6 is 11.3 Å². The lowest BCUT2D eigenvalue weighted by Gasteiger charge is -2.25. The van der Waals surface area contributed by atoms with E-state index >= 15 is 0 Å². The van der Waals surface area contributed by atoms with Gasteiger partial charge in [0.2, 0.25) is 0 Å². The number of aliphatic hydroxyl groups excluding tert-OH is 1. The van der Waals surface area contributed by atoms with Gasteiger partial charge >= 0.3 is 0 Å². The second-order valence-electron chi connectivity index (χ2n) is 8.03. The van der Waals surface area contributed by atoms with Gasteiger partial charge in [-0.25, -0.2) is 0 Å². The second-order valence-corrected chi connectivity index (χ2v) is 9.01. The first-order valence-corrected chi connectivity index (χ1v) is 11.7. The molecule has 3 heterocycles. The van der Waals surface area contributed by atoms with Crippen LogP contribution in [0.1, 0.15) is 34.0 Å². The second kappa shape index (κ2) is 8.75. The Hall–Kier alpha value is -3.58. The topological polar surface area (TPSA) is 76.1 Å². The summed E-state index contributed by atoms with van der Waals surface area (Å²) in [6.07, 6.45) is 1.74. The highest BCUT2D eigenvalue weighted by Crippen LogP contribution is 2.43. The molecular formula is C26H23NO5S. The summed E-state index contributed by atoms with van der Waals surface area (Å²) in [5.41, 5.74) is 2.39. The minimum atomic E-state index is -0.685. The van der Waals surface area contributed by atoms with Gasteiger partial charge in [0.05, 0.1) is 31.9 Å². The Morgan fingerprint density at radius 1 is 1.18 bits per heavy atom. The van der Waals surface area contributed by atoms with Crippen molar-refractivity contribution in [2.24, 2.45) is 0 Å². The third-order valence-corrected chi connectivity index (χ3v) is 6.99. The van der Waals surface area contributed by atoms with Gasteiger partial charge in [-0.15, -0.1) is 11.3 Å². The van der Waals surface area contributed by atoms with Gasteiger partial charge in [0.1, 0.15) is 17.3 Å². The Kier molecular flexibility index (Phi) is 5.64. The van der Waals surface area contributed by atoms with Crippen LogP contribution in [0.25, 0.3) is 5.76 Å². The standard InChI is InChI=1S/C26H23NO5S/c1-31-19-8-3-2-6-18(19)15-27-23(21-9-5-13-33-21)22(25(29)26(27)30)24(28)17-10-11-20-16(14-17)7-4-12-32-20/h2-3,5-6,8-11,13-14,23,28H,4,7,12,15H2,1H3/b24-22-. The van der Waals surface area contributed by atoms with E-state index in [1.807, 2.05) is 53.9 Å². The minimum Gasteiger partial charge on any atom is -0.507 e. The molecule has 168 valence electrons. The van der Waals surface area contributed by atoms with Gasteiger partial charge in [-0.1, -0.05) is 24.3 Å². The fourth-order valence-electron chi connectivity index (χ4n) is 4.47. The lowest BCUT2D eigenvalue weighted by molar-refractivity contribution is -0.140. The molecule has 1 aromatic heterocycles. The molecule has 5 rings (SSSR count). The molecule has 1 saturated heterocycles. The first kappa shape index (κ1) is 21.3. The summed E-state index contributed by atoms with van der Waals surface area (Å²) >= 11 is 1.45. The van der Waals surface area contributed by atoms with Crippen LogP contribution < -0.4 is 9.47 Å². The van der Waals surface area contributed by atoms with Crippen LogP contribution in [0.2, 0.25) is 0 Å². The quantitative estimate of drug-likeness (QED) is 0.339. The highest BCUT2D eigenvalue weighted by molar-refractivity contribution is 7.10. The van der Waals surface area contributed by atoms with Gasteiger partial charge in [0.25, 0.3) is 11.7 Å². The number of amides is 1. The number of aryl methyl sites for hydroxylation is 1. The zero-order valence-electron chi connectivity index (χ0n) is 18.1. The van der Waals surface area contributed by atoms with E-state index in [1.54, 1.807) is 13.2 Å². The van der Waals surface area contributed by atoms with Gasteiger partial charge < -0.3 is 19.5 Å². The number of aliphatic hydroxyl groups is 1. The van der Waals surface area contributed by atoms with Crippen molar-refractivity contribution in [2.45, 2.75) is 25.4 Å². The van der Waals surface area contributed by atoms with Crippen LogP contribution in [0.4, 0.5) is 0 Å². The Balaban J connectivity index is 1.60. The smallest absolute Gasteiger partial charge is 0.295 e. The van der Waals surface area contributed by atoms with Crippen molar-refractivity contribution >= 4 is 28.8 Å². The van der Waals surface area contributed by atoms with Gasteiger partial charge in [-0.3, -0.25) is 9.59 Å². The van der Waals surface area contributed by atoms with Gasteiger partial charge in [0.15, 0.2) is 0 Å². The largest absolute Gasteiger partial charge is 0.507 e. The molecule has 1 atom stereocenters. The molecule has 7 heteroatoms. The molecule has 1 N–H and O–H groups in total. The first-order chi connectivity index (χ1) is 16.1. The molecule has 0 saturated carbocycles. The lowest BCUT2D eigenvalue weighted by Crippen LogP contribution is -2.29. The van der Waals surface area contributed by atoms with Crippen molar-refractivity contribution in [3.8, 4) is 11.5 Å². The van der Waals surface area contributed by atoms with E-state index in [0.717, 1.165) is 34.6 Å². The Labute approximate surface area is 195 Å². The molecule has 2 aliphatic heterocycles. The predicted octanol–water partition coefficient (Wildman–Crippen LogP) is 4.70. The minimum absolute atomic E-state index is 0.106. The molecule has 6 nitrogen and oxygen atoms in total. The van der Waals surface area contributed by atoms with Crippen molar-refractivity contribution in [1.29, 1.82) is 0 Å². The number of Topliss-reactive ketones (excluding diaryl/α,β-unsaturated/α-hetero) is 1. The number of carbonyl (C=O) groups excluding carboxylic acids is 2. The zero-order valence-corrected chi connectivity index (χ0v) is 18.9. The third kappa shape index (κ3) is 3.78. The third-order valence-electron chi connectivity index (χ3n) is 6.07. The summed E-state index contributed by atoms with van der Waals surface area (Å²) in [5.74, 6) is -0.0529. The molecule has 33 heavy (non-hydrogen) atoms. The maximum Gasteiger partial charge on any atom is 0.295 e. The van der Waals surface area contributed by atoms with Gasteiger partial charge in [-0.2, -0.15) is 0 Å². The number of hydrogen-bond donors (Lipinski definition) is 1. The number of para-hydroxylation sites is 1. The van der Waals surface area contributed by atoms with E-state index in [1.165, 1.54) is 16.2 Å². The highest BCUT2D eigenvalue weighted by Gasteiger charge is 2.46. The summed E-state index contributed by atoms with van der Waals surface area (Å²) in [7, 11) is 1.57. The van der Waals surface area contributed by atoms with Crippen LogP contribution in [0, 0.1) is 0 Å². The summed E-state index contributed by atoms with van der Waals surface area (Å²) in [6, 6.07) is 15.9. The number of benzene rings is 2. The normalized spacial score (nSPS) is 19.3. The molecule has 1 amide bonds. The van der Waals surface area contributed by atoms with Crippen molar-refractivity contribution in [1.82, 2.24) is 4.90 Å². The van der Waals surface area contributed by atoms with Crippen LogP contribution in [-0.4, -0.2) is 35.4 Å². The van der Waals surface area contributed by atoms with E-state index in [-0.39, 0.29) is 17.9 Å². The predicted molar refractivity (Wildman–Crippen MR) is 125 cm³/mol. The van der Waals surface area contributed by atoms with Crippen LogP contribution in [0.15, 0.2) is 65.6 Å². The monoisotopic (exact) mass is 461 g/mol. The molecule has 0 radical (unpaired) electrons. The number of fused-ring (bicyclic) bond motifs is 1. The number of hydrogen-bond acceptors (Lipinski definition) is 6. The number of thiophene rings is 1. The van der Waals surface area contributed by atoms with Crippen molar-refractivity contribution in [3.63, 3.8) is 0 Å². The maximum atomic E-state index is 13.2. The van der Waals surface area contributed by atoms with Crippen molar-refractivity contribution < 1.29 is 24.2 Å². The maximum absolute atomic E-state index is 13.2. The van der Waals surface area contributed by atoms with E-state index in [9.17, 15) is 14.7 Å². The fraction of sp³-hybridized carbons (Fsp3) is 0.231. The van der Waals surface area contributed by atoms with Crippen LogP contribution in [-0.2, 0) is 22.6 Å². The van der Waals surface area contributed by atoms with Gasteiger partial charge in [0, 0.05) is 16.0 Å². The number of likely N-dealkylation sites (tertiary alicyclic amines) is 1. The molecule has 3 aromatic rings. The van der Waals surface area contributed by atoms with E-state index < -0.39 is 17.7 Å². The fourth-order valence-corrected chi connectivity index (χ4v) is 5.31. The SMILES string of the molecule is COc1ccccc1CN1C(=O)C(=O)/C(=C(\O)c2ccc3c(c2)CCCO3)C1c1cccs1. The van der Waals surface area contributed by atoms with Crippen LogP contribution in [0.3, 0.4) is 0 Å². The molecular weight excluding hydrogens is 438 g/mol. The van der Waals surface area contributed by atoms with E-state index in [4.69, 9.17) is 9.47 Å². The molecule has 0 aliphatic carbocycles. The molecule has 2 aliphatic rings. The molecule has 1 unspecified atom stereocenters. The summed E-state index contributed by atoms with van der Waals surface area (Å²) in [5, 5.41) is 13.2. The van der Waals surface area contributed by atoms with Crippen molar-refractivity contribution in [3.05, 3.63) is 87.1 Å². The average Bonchev–Trinajstić information content (AvgIpc) is 3.46. The number of ether oxygens (including phenoxy) is 2. The number of carbonyl (C=O) groups is 2. The Bertz CT molecular complexity index is 1250. The van der Waals surface area contributed by atoms with Gasteiger partial charge in [-0.05, 0) is 54.1 Å². The number of rotatable bonds is 5. The number of ketones is 1. The Morgan fingerprint density at radius 3 is 2.82 bits per heavy atom.